The van der Waals surface area contributed by atoms with Gasteiger partial charge in [-0.05, 0) is 51.5 Å². The fraction of sp³-hybridized carbons (Fsp3) is 0.438. The summed E-state index contributed by atoms with van der Waals surface area (Å²) in [6.07, 6.45) is 0.774. The molecule has 0 aliphatic carbocycles. The lowest BCUT2D eigenvalue weighted by Gasteiger charge is -2.19. The van der Waals surface area contributed by atoms with Crippen molar-refractivity contribution >= 4 is 23.5 Å². The van der Waals surface area contributed by atoms with E-state index in [1.165, 1.54) is 24.3 Å². The molecule has 6 nitrogen and oxygen atoms in total. The van der Waals surface area contributed by atoms with Crippen LogP contribution in [0.5, 0.6) is 0 Å². The number of nitrogens with one attached hydrogen (secondary N) is 1. The Balaban J connectivity index is 2.34. The van der Waals surface area contributed by atoms with E-state index in [0.29, 0.717) is 12.1 Å². The molecule has 0 bridgehead atoms. The summed E-state index contributed by atoms with van der Waals surface area (Å²) in [6, 6.07) is 5.88. The van der Waals surface area contributed by atoms with E-state index < -0.39 is 11.6 Å². The van der Waals surface area contributed by atoms with Crippen LogP contribution in [-0.4, -0.2) is 28.6 Å². The predicted molar refractivity (Wildman–Crippen MR) is 81.7 cm³/mol. The molecule has 0 unspecified atom stereocenters. The summed E-state index contributed by atoms with van der Waals surface area (Å²) in [7, 11) is 0. The number of hydrogen-bond donors (Lipinski definition) is 2. The van der Waals surface area contributed by atoms with Crippen molar-refractivity contribution in [3.05, 3.63) is 29.8 Å². The second-order valence-electron chi connectivity index (χ2n) is 5.87. The molecule has 0 saturated heterocycles. The summed E-state index contributed by atoms with van der Waals surface area (Å²) >= 11 is 0. The van der Waals surface area contributed by atoms with Gasteiger partial charge in [-0.25, -0.2) is 4.79 Å². The van der Waals surface area contributed by atoms with Gasteiger partial charge in [0.15, 0.2) is 0 Å². The van der Waals surface area contributed by atoms with Gasteiger partial charge in [0.2, 0.25) is 5.91 Å². The van der Waals surface area contributed by atoms with Gasteiger partial charge in [-0.3, -0.25) is 9.59 Å². The fourth-order valence-electron chi connectivity index (χ4n) is 1.71. The van der Waals surface area contributed by atoms with Gasteiger partial charge in [-0.15, -0.1) is 0 Å². The molecule has 1 rings (SSSR count). The van der Waals surface area contributed by atoms with Gasteiger partial charge in [0, 0.05) is 18.5 Å². The number of carbonyl (C=O) groups excluding carboxylic acids is 2. The fourth-order valence-corrected chi connectivity index (χ4v) is 1.71. The van der Waals surface area contributed by atoms with Crippen molar-refractivity contribution in [2.45, 2.75) is 45.6 Å². The summed E-state index contributed by atoms with van der Waals surface area (Å²) in [5.74, 6) is -1.58. The highest BCUT2D eigenvalue weighted by atomic mass is 16.6. The van der Waals surface area contributed by atoms with Crippen LogP contribution in [0.1, 0.15) is 50.4 Å². The number of ether oxygens (including phenoxy) is 1. The summed E-state index contributed by atoms with van der Waals surface area (Å²) in [4.78, 5) is 33.9. The Morgan fingerprint density at radius 3 is 2.18 bits per heavy atom. The van der Waals surface area contributed by atoms with Crippen LogP contribution in [0.25, 0.3) is 0 Å². The molecule has 22 heavy (non-hydrogen) atoms. The van der Waals surface area contributed by atoms with E-state index >= 15 is 0 Å². The quantitative estimate of drug-likeness (QED) is 0.788. The van der Waals surface area contributed by atoms with Crippen molar-refractivity contribution in [3.63, 3.8) is 0 Å². The molecule has 0 heterocycles. The average Bonchev–Trinajstić information content (AvgIpc) is 2.37. The van der Waals surface area contributed by atoms with E-state index in [0.717, 1.165) is 0 Å². The minimum atomic E-state index is -1.02. The van der Waals surface area contributed by atoms with Crippen LogP contribution in [0.2, 0.25) is 0 Å². The van der Waals surface area contributed by atoms with Crippen LogP contribution in [0.4, 0.5) is 5.69 Å². The van der Waals surface area contributed by atoms with Crippen LogP contribution < -0.4 is 5.32 Å². The monoisotopic (exact) mass is 307 g/mol. The van der Waals surface area contributed by atoms with E-state index in [-0.39, 0.29) is 30.3 Å². The van der Waals surface area contributed by atoms with Gasteiger partial charge >= 0.3 is 11.9 Å². The molecule has 0 spiro atoms. The van der Waals surface area contributed by atoms with Crippen LogP contribution in [-0.2, 0) is 14.3 Å². The maximum Gasteiger partial charge on any atom is 0.335 e. The number of carboxylic acids is 1. The van der Waals surface area contributed by atoms with Gasteiger partial charge < -0.3 is 15.2 Å². The lowest BCUT2D eigenvalue weighted by Crippen LogP contribution is -2.24. The molecule has 1 aromatic carbocycles. The number of carbonyl (C=O) groups is 3. The van der Waals surface area contributed by atoms with Gasteiger partial charge in [0.05, 0.1) is 5.56 Å². The second-order valence-corrected chi connectivity index (χ2v) is 5.87. The number of rotatable bonds is 6. The molecular formula is C16H21NO5. The van der Waals surface area contributed by atoms with E-state index in [9.17, 15) is 14.4 Å². The molecule has 1 amide bonds. The molecule has 2 N–H and O–H groups in total. The third-order valence-corrected chi connectivity index (χ3v) is 2.62. The normalized spacial score (nSPS) is 10.9. The maximum atomic E-state index is 11.7. The second kappa shape index (κ2) is 7.59. The third-order valence-electron chi connectivity index (χ3n) is 2.62. The first-order chi connectivity index (χ1) is 10.2. The topological polar surface area (TPSA) is 92.7 Å². The molecule has 6 heteroatoms. The van der Waals surface area contributed by atoms with Crippen molar-refractivity contribution in [3.8, 4) is 0 Å². The molecule has 0 aromatic heterocycles. The lowest BCUT2D eigenvalue weighted by molar-refractivity contribution is -0.154. The highest BCUT2D eigenvalue weighted by Gasteiger charge is 2.16. The standard InChI is InChI=1S/C16H21NO5/c1-16(2,3)22-14(19)6-4-5-13(18)17-12-9-7-11(8-10-12)15(20)21/h7-10H,4-6H2,1-3H3,(H,17,18)(H,20,21). The summed E-state index contributed by atoms with van der Waals surface area (Å²) in [6.45, 7) is 5.37. The Labute approximate surface area is 129 Å². The van der Waals surface area contributed by atoms with E-state index in [2.05, 4.69) is 5.32 Å². The Hall–Kier alpha value is -2.37. The molecule has 0 aliphatic heterocycles. The van der Waals surface area contributed by atoms with E-state index in [1.54, 1.807) is 20.8 Å². The SMILES string of the molecule is CC(C)(C)OC(=O)CCCC(=O)Nc1ccc(C(=O)O)cc1. The molecular weight excluding hydrogens is 286 g/mol. The highest BCUT2D eigenvalue weighted by molar-refractivity contribution is 5.92. The van der Waals surface area contributed by atoms with Crippen molar-refractivity contribution in [2.24, 2.45) is 0 Å². The zero-order chi connectivity index (χ0) is 16.8. The van der Waals surface area contributed by atoms with Gasteiger partial charge in [0.1, 0.15) is 5.60 Å². The molecule has 120 valence electrons. The smallest absolute Gasteiger partial charge is 0.335 e. The molecule has 0 atom stereocenters. The lowest BCUT2D eigenvalue weighted by atomic mass is 10.1. The van der Waals surface area contributed by atoms with Crippen LogP contribution >= 0.6 is 0 Å². The van der Waals surface area contributed by atoms with Crippen LogP contribution in [0.3, 0.4) is 0 Å². The zero-order valence-corrected chi connectivity index (χ0v) is 13.0. The first-order valence-electron chi connectivity index (χ1n) is 7.02. The van der Waals surface area contributed by atoms with E-state index in [1.807, 2.05) is 0 Å². The summed E-state index contributed by atoms with van der Waals surface area (Å²) < 4.78 is 5.15. The summed E-state index contributed by atoms with van der Waals surface area (Å²) in [5, 5.41) is 11.4. The minimum Gasteiger partial charge on any atom is -0.478 e. The minimum absolute atomic E-state index is 0.155. The number of amides is 1. The third kappa shape index (κ3) is 6.88. The number of aromatic carboxylic acids is 1. The van der Waals surface area contributed by atoms with Gasteiger partial charge in [-0.1, -0.05) is 0 Å². The maximum absolute atomic E-state index is 11.7. The van der Waals surface area contributed by atoms with Crippen molar-refractivity contribution in [2.75, 3.05) is 5.32 Å². The Bertz CT molecular complexity index is 543. The number of esters is 1. The Kier molecular flexibility index (Phi) is 6.10. The largest absolute Gasteiger partial charge is 0.478 e. The highest BCUT2D eigenvalue weighted by Crippen LogP contribution is 2.12. The van der Waals surface area contributed by atoms with Crippen molar-refractivity contribution in [1.29, 1.82) is 0 Å². The first kappa shape index (κ1) is 17.7. The molecule has 0 aliphatic rings. The number of anilines is 1. The molecule has 1 aromatic rings. The van der Waals surface area contributed by atoms with E-state index in [4.69, 9.17) is 9.84 Å². The van der Waals surface area contributed by atoms with Crippen molar-refractivity contribution in [1.82, 2.24) is 0 Å². The Morgan fingerprint density at radius 2 is 1.68 bits per heavy atom. The van der Waals surface area contributed by atoms with Gasteiger partial charge in [0.25, 0.3) is 0 Å². The Morgan fingerprint density at radius 1 is 1.09 bits per heavy atom. The molecule has 0 fully saturated rings. The number of hydrogen-bond acceptors (Lipinski definition) is 4. The van der Waals surface area contributed by atoms with Crippen LogP contribution in [0.15, 0.2) is 24.3 Å². The zero-order valence-electron chi connectivity index (χ0n) is 13.0. The van der Waals surface area contributed by atoms with Gasteiger partial charge in [-0.2, -0.15) is 0 Å². The number of benzene rings is 1. The molecule has 0 radical (unpaired) electrons. The predicted octanol–water partition coefficient (Wildman–Crippen LogP) is 2.84. The molecule has 0 saturated carbocycles. The number of carboxylic acid groups (broad SMARTS) is 1. The van der Waals surface area contributed by atoms with Crippen LogP contribution in [0, 0.1) is 0 Å². The van der Waals surface area contributed by atoms with Crippen molar-refractivity contribution < 1.29 is 24.2 Å². The first-order valence-corrected chi connectivity index (χ1v) is 7.02. The average molecular weight is 307 g/mol. The summed E-state index contributed by atoms with van der Waals surface area (Å²) in [5.41, 5.74) is 0.154.